The van der Waals surface area contributed by atoms with Crippen molar-refractivity contribution in [3.8, 4) is 0 Å². The maximum atomic E-state index is 12.4. The first-order valence-electron chi connectivity index (χ1n) is 8.53. The SMILES string of the molecule is CCOCCC=C(C(=O)OC)C12CC3CC(CC(C3)C1)C2. The van der Waals surface area contributed by atoms with Crippen molar-refractivity contribution >= 4 is 5.97 Å². The minimum atomic E-state index is -0.103. The highest BCUT2D eigenvalue weighted by Gasteiger charge is 2.53. The molecule has 4 aliphatic rings. The lowest BCUT2D eigenvalue weighted by Crippen LogP contribution is -2.48. The summed E-state index contributed by atoms with van der Waals surface area (Å²) in [5, 5.41) is 0. The summed E-state index contributed by atoms with van der Waals surface area (Å²) in [4.78, 5) is 12.4. The molecule has 4 rings (SSSR count). The molecule has 0 amide bonds. The van der Waals surface area contributed by atoms with Crippen molar-refractivity contribution < 1.29 is 14.3 Å². The van der Waals surface area contributed by atoms with Gasteiger partial charge in [0.15, 0.2) is 0 Å². The van der Waals surface area contributed by atoms with E-state index in [1.165, 1.54) is 45.6 Å². The summed E-state index contributed by atoms with van der Waals surface area (Å²) >= 11 is 0. The van der Waals surface area contributed by atoms with Crippen LogP contribution >= 0.6 is 0 Å². The molecule has 0 saturated heterocycles. The molecule has 3 nitrogen and oxygen atoms in total. The van der Waals surface area contributed by atoms with Gasteiger partial charge in [0.05, 0.1) is 13.7 Å². The van der Waals surface area contributed by atoms with Crippen molar-refractivity contribution in [3.63, 3.8) is 0 Å². The second kappa shape index (κ2) is 6.12. The number of ether oxygens (including phenoxy) is 2. The van der Waals surface area contributed by atoms with Crippen LogP contribution in [0.3, 0.4) is 0 Å². The minimum absolute atomic E-state index is 0.103. The standard InChI is InChI=1S/C18H28O3/c1-3-21-6-4-5-16(17(19)20-2)18-10-13-7-14(11-18)9-15(8-13)12-18/h5,13-15H,3-4,6-12H2,1-2H3. The fraction of sp³-hybridized carbons (Fsp3) is 0.833. The topological polar surface area (TPSA) is 35.5 Å². The van der Waals surface area contributed by atoms with Gasteiger partial charge in [0, 0.05) is 17.6 Å². The summed E-state index contributed by atoms with van der Waals surface area (Å²) in [6, 6.07) is 0. The van der Waals surface area contributed by atoms with Gasteiger partial charge in [-0.05, 0) is 69.6 Å². The third kappa shape index (κ3) is 2.90. The Bertz CT molecular complexity index is 389. The van der Waals surface area contributed by atoms with E-state index in [-0.39, 0.29) is 11.4 Å². The lowest BCUT2D eigenvalue weighted by Gasteiger charge is -2.57. The number of carbonyl (C=O) groups is 1. The van der Waals surface area contributed by atoms with E-state index in [0.717, 1.165) is 36.4 Å². The molecule has 4 aliphatic carbocycles. The van der Waals surface area contributed by atoms with Gasteiger partial charge in [-0.25, -0.2) is 4.79 Å². The van der Waals surface area contributed by atoms with E-state index >= 15 is 0 Å². The van der Waals surface area contributed by atoms with Crippen LogP contribution in [0.2, 0.25) is 0 Å². The Morgan fingerprint density at radius 1 is 1.14 bits per heavy atom. The summed E-state index contributed by atoms with van der Waals surface area (Å²) in [6.07, 6.45) is 10.7. The molecule has 0 unspecified atom stereocenters. The number of hydrogen-bond donors (Lipinski definition) is 0. The quantitative estimate of drug-likeness (QED) is 0.425. The zero-order valence-corrected chi connectivity index (χ0v) is 13.4. The largest absolute Gasteiger partial charge is 0.466 e. The van der Waals surface area contributed by atoms with Crippen LogP contribution < -0.4 is 0 Å². The van der Waals surface area contributed by atoms with E-state index in [1.54, 1.807) is 0 Å². The Kier molecular flexibility index (Phi) is 4.39. The molecule has 0 aromatic heterocycles. The van der Waals surface area contributed by atoms with Gasteiger partial charge in [-0.1, -0.05) is 6.08 Å². The summed E-state index contributed by atoms with van der Waals surface area (Å²) in [6.45, 7) is 3.44. The highest BCUT2D eigenvalue weighted by atomic mass is 16.5. The summed E-state index contributed by atoms with van der Waals surface area (Å²) in [5.74, 6) is 2.43. The number of rotatable bonds is 6. The van der Waals surface area contributed by atoms with Gasteiger partial charge in [0.2, 0.25) is 0 Å². The molecule has 0 N–H and O–H groups in total. The van der Waals surface area contributed by atoms with Gasteiger partial charge in [-0.15, -0.1) is 0 Å². The van der Waals surface area contributed by atoms with Gasteiger partial charge in [-0.2, -0.15) is 0 Å². The van der Waals surface area contributed by atoms with Gasteiger partial charge < -0.3 is 9.47 Å². The van der Waals surface area contributed by atoms with E-state index in [9.17, 15) is 4.79 Å². The number of carbonyl (C=O) groups excluding carboxylic acids is 1. The Hall–Kier alpha value is -0.830. The lowest BCUT2D eigenvalue weighted by molar-refractivity contribution is -0.140. The highest BCUT2D eigenvalue weighted by molar-refractivity contribution is 5.90. The molecule has 0 atom stereocenters. The normalized spacial score (nSPS) is 37.8. The summed E-state index contributed by atoms with van der Waals surface area (Å²) in [5.41, 5.74) is 1.08. The zero-order valence-electron chi connectivity index (χ0n) is 13.4. The van der Waals surface area contributed by atoms with Crippen molar-refractivity contribution in [3.05, 3.63) is 11.6 Å². The van der Waals surface area contributed by atoms with E-state index in [4.69, 9.17) is 9.47 Å². The lowest BCUT2D eigenvalue weighted by atomic mass is 9.47. The molecule has 0 aromatic rings. The monoisotopic (exact) mass is 292 g/mol. The van der Waals surface area contributed by atoms with Crippen molar-refractivity contribution in [2.24, 2.45) is 23.2 Å². The van der Waals surface area contributed by atoms with Crippen LogP contribution in [0, 0.1) is 23.2 Å². The smallest absolute Gasteiger partial charge is 0.333 e. The molecular weight excluding hydrogens is 264 g/mol. The first-order chi connectivity index (χ1) is 10.2. The van der Waals surface area contributed by atoms with E-state index in [2.05, 4.69) is 6.08 Å². The average molecular weight is 292 g/mol. The van der Waals surface area contributed by atoms with Crippen molar-refractivity contribution in [2.75, 3.05) is 20.3 Å². The fourth-order valence-corrected chi connectivity index (χ4v) is 5.50. The molecule has 0 heterocycles. The molecular formula is C18H28O3. The second-order valence-electron chi connectivity index (χ2n) is 7.29. The minimum Gasteiger partial charge on any atom is -0.466 e. The molecule has 21 heavy (non-hydrogen) atoms. The fourth-order valence-electron chi connectivity index (χ4n) is 5.50. The zero-order chi connectivity index (χ0) is 14.9. The molecule has 3 heteroatoms. The van der Waals surface area contributed by atoms with Crippen molar-refractivity contribution in [1.82, 2.24) is 0 Å². The van der Waals surface area contributed by atoms with Crippen molar-refractivity contribution in [2.45, 2.75) is 51.9 Å². The van der Waals surface area contributed by atoms with Crippen LogP contribution in [0.5, 0.6) is 0 Å². The maximum absolute atomic E-state index is 12.4. The average Bonchev–Trinajstić information content (AvgIpc) is 2.45. The third-order valence-corrected chi connectivity index (χ3v) is 5.83. The first-order valence-corrected chi connectivity index (χ1v) is 8.53. The third-order valence-electron chi connectivity index (χ3n) is 5.83. The van der Waals surface area contributed by atoms with Crippen LogP contribution in [-0.2, 0) is 14.3 Å². The highest BCUT2D eigenvalue weighted by Crippen LogP contribution is 2.62. The molecule has 0 aromatic carbocycles. The van der Waals surface area contributed by atoms with Gasteiger partial charge in [-0.3, -0.25) is 0 Å². The second-order valence-corrected chi connectivity index (χ2v) is 7.29. The van der Waals surface area contributed by atoms with Crippen molar-refractivity contribution in [1.29, 1.82) is 0 Å². The molecule has 0 spiro atoms. The van der Waals surface area contributed by atoms with Gasteiger partial charge in [0.25, 0.3) is 0 Å². The molecule has 4 bridgehead atoms. The van der Waals surface area contributed by atoms with E-state index in [1.807, 2.05) is 6.92 Å². The molecule has 4 saturated carbocycles. The van der Waals surface area contributed by atoms with Gasteiger partial charge in [0.1, 0.15) is 0 Å². The molecule has 4 fully saturated rings. The Labute approximate surface area is 128 Å². The predicted octanol–water partition coefficient (Wildman–Crippen LogP) is 3.73. The number of methoxy groups -OCH3 is 1. The van der Waals surface area contributed by atoms with E-state index < -0.39 is 0 Å². The maximum Gasteiger partial charge on any atom is 0.333 e. The van der Waals surface area contributed by atoms with Crippen LogP contribution in [-0.4, -0.2) is 26.3 Å². The predicted molar refractivity (Wildman–Crippen MR) is 81.8 cm³/mol. The van der Waals surface area contributed by atoms with Crippen LogP contribution in [0.4, 0.5) is 0 Å². The summed E-state index contributed by atoms with van der Waals surface area (Å²) < 4.78 is 10.5. The Morgan fingerprint density at radius 3 is 2.19 bits per heavy atom. The Balaban J connectivity index is 1.80. The first kappa shape index (κ1) is 15.1. The Morgan fingerprint density at radius 2 is 1.71 bits per heavy atom. The van der Waals surface area contributed by atoms with Gasteiger partial charge >= 0.3 is 5.97 Å². The number of esters is 1. The van der Waals surface area contributed by atoms with Crippen LogP contribution in [0.25, 0.3) is 0 Å². The molecule has 0 aliphatic heterocycles. The number of hydrogen-bond acceptors (Lipinski definition) is 3. The molecule has 118 valence electrons. The van der Waals surface area contributed by atoms with Crippen LogP contribution in [0.15, 0.2) is 11.6 Å². The molecule has 0 radical (unpaired) electrons. The van der Waals surface area contributed by atoms with Crippen LogP contribution in [0.1, 0.15) is 51.9 Å². The van der Waals surface area contributed by atoms with E-state index in [0.29, 0.717) is 6.61 Å². The summed E-state index contributed by atoms with van der Waals surface area (Å²) in [7, 11) is 1.51.